The van der Waals surface area contributed by atoms with Crippen LogP contribution < -0.4 is 16.5 Å². The van der Waals surface area contributed by atoms with E-state index in [9.17, 15) is 14.4 Å². The molecule has 0 aliphatic heterocycles. The summed E-state index contributed by atoms with van der Waals surface area (Å²) < 4.78 is 0. The third-order valence-electron chi connectivity index (χ3n) is 3.06. The van der Waals surface area contributed by atoms with Gasteiger partial charge in [-0.2, -0.15) is 0 Å². The first-order valence-corrected chi connectivity index (χ1v) is 6.29. The maximum atomic E-state index is 12.1. The van der Waals surface area contributed by atoms with E-state index < -0.39 is 11.8 Å². The molecule has 1 aromatic heterocycles. The highest BCUT2D eigenvalue weighted by molar-refractivity contribution is 6.04. The first-order valence-electron chi connectivity index (χ1n) is 6.29. The molecule has 0 bridgehead atoms. The summed E-state index contributed by atoms with van der Waals surface area (Å²) in [7, 11) is 0. The number of benzene rings is 1. The number of rotatable bonds is 3. The second kappa shape index (κ2) is 5.62. The van der Waals surface area contributed by atoms with E-state index in [0.29, 0.717) is 22.5 Å². The average Bonchev–Trinajstić information content (AvgIpc) is 2.40. The van der Waals surface area contributed by atoms with E-state index in [1.807, 2.05) is 0 Å². The number of nitrogens with one attached hydrogen (secondary N) is 2. The van der Waals surface area contributed by atoms with E-state index in [-0.39, 0.29) is 11.0 Å². The fourth-order valence-electron chi connectivity index (χ4n) is 1.90. The Kier molecular flexibility index (Phi) is 3.89. The summed E-state index contributed by atoms with van der Waals surface area (Å²) in [5.41, 5.74) is 7.10. The quantitative estimate of drug-likeness (QED) is 0.792. The van der Waals surface area contributed by atoms with Gasteiger partial charge in [0.1, 0.15) is 5.56 Å². The molecule has 0 spiro atoms. The average molecular weight is 285 g/mol. The van der Waals surface area contributed by atoms with E-state index in [1.54, 1.807) is 26.0 Å². The van der Waals surface area contributed by atoms with Gasteiger partial charge < -0.3 is 16.0 Å². The number of hydrogen-bond acceptors (Lipinski definition) is 3. The summed E-state index contributed by atoms with van der Waals surface area (Å²) >= 11 is 0. The Morgan fingerprint density at radius 3 is 2.48 bits per heavy atom. The highest BCUT2D eigenvalue weighted by atomic mass is 16.2. The molecule has 2 amide bonds. The van der Waals surface area contributed by atoms with Crippen molar-refractivity contribution in [2.45, 2.75) is 13.8 Å². The van der Waals surface area contributed by atoms with Gasteiger partial charge in [-0.3, -0.25) is 14.4 Å². The van der Waals surface area contributed by atoms with Crippen molar-refractivity contribution in [1.29, 1.82) is 0 Å². The van der Waals surface area contributed by atoms with Gasteiger partial charge in [-0.25, -0.2) is 0 Å². The molecule has 2 aromatic rings. The number of pyridine rings is 1. The Morgan fingerprint density at radius 2 is 1.90 bits per heavy atom. The summed E-state index contributed by atoms with van der Waals surface area (Å²) in [6.45, 7) is 3.47. The van der Waals surface area contributed by atoms with Gasteiger partial charge in [-0.15, -0.1) is 0 Å². The molecular weight excluding hydrogens is 270 g/mol. The van der Waals surface area contributed by atoms with E-state index in [1.165, 1.54) is 18.3 Å². The maximum Gasteiger partial charge on any atom is 0.261 e. The zero-order valence-electron chi connectivity index (χ0n) is 11.7. The number of aryl methyl sites for hydroxylation is 2. The predicted octanol–water partition coefficient (Wildman–Crippen LogP) is 1.34. The third-order valence-corrected chi connectivity index (χ3v) is 3.06. The van der Waals surface area contributed by atoms with Gasteiger partial charge >= 0.3 is 0 Å². The van der Waals surface area contributed by atoms with Gasteiger partial charge in [0.25, 0.3) is 5.91 Å². The minimum absolute atomic E-state index is 0.0268. The second-order valence-electron chi connectivity index (χ2n) is 4.74. The second-order valence-corrected chi connectivity index (χ2v) is 4.74. The van der Waals surface area contributed by atoms with Crippen LogP contribution in [0.4, 0.5) is 5.69 Å². The predicted molar refractivity (Wildman–Crippen MR) is 79.4 cm³/mol. The lowest BCUT2D eigenvalue weighted by Crippen LogP contribution is -2.22. The lowest BCUT2D eigenvalue weighted by atomic mass is 10.1. The van der Waals surface area contributed by atoms with E-state index in [0.717, 1.165) is 0 Å². The smallest absolute Gasteiger partial charge is 0.261 e. The number of anilines is 1. The lowest BCUT2D eigenvalue weighted by Gasteiger charge is -2.09. The number of hydrogen-bond donors (Lipinski definition) is 3. The van der Waals surface area contributed by atoms with Crippen molar-refractivity contribution in [3.63, 3.8) is 0 Å². The number of amides is 2. The van der Waals surface area contributed by atoms with Crippen LogP contribution in [0.15, 0.2) is 35.3 Å². The normalized spacial score (nSPS) is 10.2. The molecule has 21 heavy (non-hydrogen) atoms. The van der Waals surface area contributed by atoms with Crippen molar-refractivity contribution in [2.24, 2.45) is 5.73 Å². The Hall–Kier alpha value is -2.89. The molecule has 0 aliphatic carbocycles. The number of H-pyrrole nitrogens is 1. The van der Waals surface area contributed by atoms with Crippen LogP contribution in [0.3, 0.4) is 0 Å². The largest absolute Gasteiger partial charge is 0.366 e. The summed E-state index contributed by atoms with van der Waals surface area (Å²) in [5, 5.41) is 2.64. The molecule has 0 unspecified atom stereocenters. The maximum absolute atomic E-state index is 12.1. The van der Waals surface area contributed by atoms with Gasteiger partial charge in [0.2, 0.25) is 5.91 Å². The van der Waals surface area contributed by atoms with Crippen molar-refractivity contribution in [2.75, 3.05) is 5.32 Å². The molecule has 0 atom stereocenters. The van der Waals surface area contributed by atoms with Gasteiger partial charge in [-0.05, 0) is 37.6 Å². The SMILES string of the molecule is Cc1cc(=O)c(C(=O)Nc2ccc(C(N)=O)cc2C)c[nH]1. The van der Waals surface area contributed by atoms with Crippen molar-refractivity contribution in [3.8, 4) is 0 Å². The summed E-state index contributed by atoms with van der Waals surface area (Å²) in [4.78, 5) is 37.8. The Bertz CT molecular complexity index is 778. The molecule has 6 heteroatoms. The molecule has 2 rings (SSSR count). The van der Waals surface area contributed by atoms with Crippen molar-refractivity contribution in [1.82, 2.24) is 4.98 Å². The van der Waals surface area contributed by atoms with Gasteiger partial charge in [0, 0.05) is 29.2 Å². The molecule has 0 fully saturated rings. The zero-order valence-corrected chi connectivity index (χ0v) is 11.7. The fraction of sp³-hybridized carbons (Fsp3) is 0.133. The van der Waals surface area contributed by atoms with Crippen LogP contribution in [-0.2, 0) is 0 Å². The third kappa shape index (κ3) is 3.17. The van der Waals surface area contributed by atoms with Crippen molar-refractivity contribution in [3.05, 3.63) is 63.1 Å². The summed E-state index contributed by atoms with van der Waals surface area (Å²) in [6, 6.07) is 6.04. The lowest BCUT2D eigenvalue weighted by molar-refractivity contribution is 0.0998. The highest BCUT2D eigenvalue weighted by Crippen LogP contribution is 2.17. The van der Waals surface area contributed by atoms with E-state index in [2.05, 4.69) is 10.3 Å². The van der Waals surface area contributed by atoms with E-state index in [4.69, 9.17) is 5.73 Å². The standard InChI is InChI=1S/C15H15N3O3/c1-8-5-10(14(16)20)3-4-12(8)18-15(21)11-7-17-9(2)6-13(11)19/h3-7H,1-2H3,(H2,16,20)(H,17,19)(H,18,21). The van der Waals surface area contributed by atoms with Crippen molar-refractivity contribution < 1.29 is 9.59 Å². The van der Waals surface area contributed by atoms with Crippen LogP contribution in [0.5, 0.6) is 0 Å². The Morgan fingerprint density at radius 1 is 1.19 bits per heavy atom. The minimum Gasteiger partial charge on any atom is -0.366 e. The van der Waals surface area contributed by atoms with E-state index >= 15 is 0 Å². The number of carbonyl (C=O) groups excluding carboxylic acids is 2. The molecule has 0 saturated heterocycles. The Balaban J connectivity index is 2.27. The van der Waals surface area contributed by atoms with Crippen LogP contribution in [0.2, 0.25) is 0 Å². The first-order chi connectivity index (χ1) is 9.88. The monoisotopic (exact) mass is 285 g/mol. The number of aromatic amines is 1. The van der Waals surface area contributed by atoms with Crippen molar-refractivity contribution >= 4 is 17.5 Å². The molecule has 1 heterocycles. The minimum atomic E-state index is -0.536. The molecule has 4 N–H and O–H groups in total. The highest BCUT2D eigenvalue weighted by Gasteiger charge is 2.12. The number of aromatic nitrogens is 1. The van der Waals surface area contributed by atoms with Crippen LogP contribution >= 0.6 is 0 Å². The van der Waals surface area contributed by atoms with Gasteiger partial charge in [-0.1, -0.05) is 0 Å². The molecule has 1 aromatic carbocycles. The molecule has 0 aliphatic rings. The van der Waals surface area contributed by atoms with Crippen LogP contribution in [0, 0.1) is 13.8 Å². The molecular formula is C15H15N3O3. The first kappa shape index (κ1) is 14.5. The van der Waals surface area contributed by atoms with Crippen LogP contribution in [0.25, 0.3) is 0 Å². The number of primary amides is 1. The molecule has 108 valence electrons. The molecule has 0 saturated carbocycles. The van der Waals surface area contributed by atoms with Gasteiger partial charge in [0.15, 0.2) is 5.43 Å². The summed E-state index contributed by atoms with van der Waals surface area (Å²) in [6.07, 6.45) is 1.38. The number of carbonyl (C=O) groups is 2. The Labute approximate surface area is 121 Å². The number of nitrogens with two attached hydrogens (primary N) is 1. The van der Waals surface area contributed by atoms with Crippen LogP contribution in [-0.4, -0.2) is 16.8 Å². The summed E-state index contributed by atoms with van der Waals surface area (Å²) in [5.74, 6) is -1.04. The van der Waals surface area contributed by atoms with Gasteiger partial charge in [0.05, 0.1) is 0 Å². The molecule has 0 radical (unpaired) electrons. The van der Waals surface area contributed by atoms with Crippen LogP contribution in [0.1, 0.15) is 32.0 Å². The molecule has 6 nitrogen and oxygen atoms in total. The fourth-order valence-corrected chi connectivity index (χ4v) is 1.90. The topological polar surface area (TPSA) is 105 Å². The zero-order chi connectivity index (χ0) is 15.6.